The summed E-state index contributed by atoms with van der Waals surface area (Å²) in [5.74, 6) is 0.898. The van der Waals surface area contributed by atoms with Gasteiger partial charge in [0.15, 0.2) is 0 Å². The molecule has 1 atom stereocenters. The number of carbonyl (C=O) groups is 2. The molecule has 2 amide bonds. The van der Waals surface area contributed by atoms with Gasteiger partial charge in [-0.3, -0.25) is 9.59 Å². The Labute approximate surface area is 174 Å². The predicted molar refractivity (Wildman–Crippen MR) is 113 cm³/mol. The van der Waals surface area contributed by atoms with Crippen LogP contribution < -0.4 is 0 Å². The van der Waals surface area contributed by atoms with Gasteiger partial charge in [-0.25, -0.2) is 0 Å². The first-order valence-corrected chi connectivity index (χ1v) is 11.4. The van der Waals surface area contributed by atoms with Crippen molar-refractivity contribution in [1.82, 2.24) is 9.80 Å². The summed E-state index contributed by atoms with van der Waals surface area (Å²) in [5, 5.41) is 10.2. The molecule has 5 heteroatoms. The van der Waals surface area contributed by atoms with Crippen LogP contribution in [0.1, 0.15) is 73.7 Å². The number of aromatic hydroxyl groups is 1. The largest absolute Gasteiger partial charge is 0.507 e. The summed E-state index contributed by atoms with van der Waals surface area (Å²) in [7, 11) is 0. The normalized spacial score (nSPS) is 25.8. The van der Waals surface area contributed by atoms with Crippen molar-refractivity contribution >= 4 is 11.8 Å². The van der Waals surface area contributed by atoms with E-state index >= 15 is 0 Å². The van der Waals surface area contributed by atoms with E-state index in [9.17, 15) is 14.7 Å². The molecule has 3 fully saturated rings. The maximum Gasteiger partial charge on any atom is 0.257 e. The van der Waals surface area contributed by atoms with Crippen LogP contribution in [0.25, 0.3) is 0 Å². The average Bonchev–Trinajstić information content (AvgIpc) is 3.15. The van der Waals surface area contributed by atoms with Gasteiger partial charge in [0.25, 0.3) is 5.91 Å². The number of rotatable bonds is 4. The summed E-state index contributed by atoms with van der Waals surface area (Å²) in [5.41, 5.74) is 0.846. The van der Waals surface area contributed by atoms with Gasteiger partial charge in [0.2, 0.25) is 5.91 Å². The van der Waals surface area contributed by atoms with Crippen LogP contribution in [0.5, 0.6) is 5.75 Å². The van der Waals surface area contributed by atoms with Crippen LogP contribution in [0.2, 0.25) is 0 Å². The summed E-state index contributed by atoms with van der Waals surface area (Å²) < 4.78 is 0. The Hall–Kier alpha value is -2.04. The molecule has 1 saturated carbocycles. The van der Waals surface area contributed by atoms with Crippen molar-refractivity contribution in [1.29, 1.82) is 0 Å². The number of benzene rings is 1. The van der Waals surface area contributed by atoms with Gasteiger partial charge in [-0.15, -0.1) is 0 Å². The highest BCUT2D eigenvalue weighted by Gasteiger charge is 2.49. The number of phenolic OH excluding ortho intramolecular Hbond substituents is 1. The summed E-state index contributed by atoms with van der Waals surface area (Å²) in [4.78, 5) is 30.2. The summed E-state index contributed by atoms with van der Waals surface area (Å²) in [6, 6.07) is 5.16. The van der Waals surface area contributed by atoms with Gasteiger partial charge in [-0.2, -0.15) is 0 Å². The molecule has 0 radical (unpaired) electrons. The maximum absolute atomic E-state index is 13.4. The first-order chi connectivity index (χ1) is 14.0. The van der Waals surface area contributed by atoms with Crippen molar-refractivity contribution < 1.29 is 14.7 Å². The van der Waals surface area contributed by atoms with Crippen LogP contribution >= 0.6 is 0 Å². The molecule has 0 aromatic heterocycles. The number of hydrogen-bond donors (Lipinski definition) is 1. The Kier molecular flexibility index (Phi) is 5.84. The number of piperidine rings is 1. The van der Waals surface area contributed by atoms with Crippen molar-refractivity contribution in [3.63, 3.8) is 0 Å². The molecule has 1 N–H and O–H groups in total. The predicted octanol–water partition coefficient (Wildman–Crippen LogP) is 4.13. The van der Waals surface area contributed by atoms with E-state index in [2.05, 4.69) is 4.90 Å². The summed E-state index contributed by atoms with van der Waals surface area (Å²) in [6.07, 6.45) is 10.4. The molecule has 158 valence electrons. The van der Waals surface area contributed by atoms with Crippen LogP contribution in [0.4, 0.5) is 0 Å². The zero-order valence-electron chi connectivity index (χ0n) is 17.7. The molecule has 0 bridgehead atoms. The molecule has 5 nitrogen and oxygen atoms in total. The lowest BCUT2D eigenvalue weighted by molar-refractivity contribution is -0.145. The molecule has 29 heavy (non-hydrogen) atoms. The topological polar surface area (TPSA) is 60.9 Å². The molecule has 0 unspecified atom stereocenters. The third-order valence-corrected chi connectivity index (χ3v) is 7.38. The van der Waals surface area contributed by atoms with Gasteiger partial charge < -0.3 is 14.9 Å². The molecule has 1 spiro atoms. The maximum atomic E-state index is 13.4. The number of carbonyl (C=O) groups excluding carboxylic acids is 2. The summed E-state index contributed by atoms with van der Waals surface area (Å²) in [6.45, 7) is 4.70. The Morgan fingerprint density at radius 3 is 2.69 bits per heavy atom. The zero-order chi connectivity index (χ0) is 20.4. The van der Waals surface area contributed by atoms with Crippen molar-refractivity contribution in [3.8, 4) is 5.75 Å². The van der Waals surface area contributed by atoms with Crippen LogP contribution in [-0.4, -0.2) is 52.9 Å². The molecule has 1 aliphatic carbocycles. The van der Waals surface area contributed by atoms with Gasteiger partial charge >= 0.3 is 0 Å². The molecule has 2 heterocycles. The van der Waals surface area contributed by atoms with Gasteiger partial charge in [-0.1, -0.05) is 38.2 Å². The molecule has 2 saturated heterocycles. The fourth-order valence-electron chi connectivity index (χ4n) is 5.60. The van der Waals surface area contributed by atoms with Gasteiger partial charge in [0.05, 0.1) is 11.0 Å². The molecule has 2 aliphatic heterocycles. The van der Waals surface area contributed by atoms with E-state index < -0.39 is 5.41 Å². The van der Waals surface area contributed by atoms with Crippen molar-refractivity contribution in [2.24, 2.45) is 11.3 Å². The molecule has 1 aromatic rings. The Bertz CT molecular complexity index is 771. The summed E-state index contributed by atoms with van der Waals surface area (Å²) >= 11 is 0. The lowest BCUT2D eigenvalue weighted by Gasteiger charge is -2.40. The minimum Gasteiger partial charge on any atom is -0.507 e. The number of nitrogens with zero attached hydrogens (tertiary/aromatic N) is 2. The molecule has 1 aromatic carbocycles. The third kappa shape index (κ3) is 4.15. The molecule has 3 aliphatic rings. The van der Waals surface area contributed by atoms with E-state index in [1.54, 1.807) is 17.0 Å². The van der Waals surface area contributed by atoms with Crippen molar-refractivity contribution in [2.75, 3.05) is 26.2 Å². The smallest absolute Gasteiger partial charge is 0.257 e. The van der Waals surface area contributed by atoms with Crippen molar-refractivity contribution in [2.45, 2.75) is 64.7 Å². The number of aryl methyl sites for hydroxylation is 1. The third-order valence-electron chi connectivity index (χ3n) is 7.38. The van der Waals surface area contributed by atoms with E-state index in [1.807, 2.05) is 13.0 Å². The van der Waals surface area contributed by atoms with Crippen molar-refractivity contribution in [3.05, 3.63) is 29.3 Å². The quantitative estimate of drug-likeness (QED) is 0.830. The van der Waals surface area contributed by atoms with Gasteiger partial charge in [0, 0.05) is 26.2 Å². The standard InChI is InChI=1S/C24H34N2O3/c1-18-8-9-20(21(27)16-18)22(28)26-15-12-24(17-26)11-5-13-25(23(24)29)14-10-19-6-3-2-4-7-19/h8-9,16,19,27H,2-7,10-15,17H2,1H3/t24-/m1/s1. The highest BCUT2D eigenvalue weighted by Crippen LogP contribution is 2.41. The van der Waals surface area contributed by atoms with Crippen LogP contribution in [0.3, 0.4) is 0 Å². The first-order valence-electron chi connectivity index (χ1n) is 11.4. The van der Waals surface area contributed by atoms with Crippen LogP contribution in [0, 0.1) is 18.3 Å². The lowest BCUT2D eigenvalue weighted by Crippen LogP contribution is -2.50. The van der Waals surface area contributed by atoms with E-state index in [0.717, 1.165) is 50.3 Å². The average molecular weight is 399 g/mol. The fourth-order valence-corrected chi connectivity index (χ4v) is 5.60. The SMILES string of the molecule is Cc1ccc(C(=O)N2CC[C@]3(CCCN(CCC4CCCCC4)C3=O)C2)c(O)c1. The Morgan fingerprint density at radius 2 is 1.93 bits per heavy atom. The van der Waals surface area contributed by atoms with E-state index in [-0.39, 0.29) is 17.6 Å². The van der Waals surface area contributed by atoms with Crippen LogP contribution in [0.15, 0.2) is 18.2 Å². The molecular formula is C24H34N2O3. The first kappa shape index (κ1) is 20.2. The van der Waals surface area contributed by atoms with Gasteiger partial charge in [-0.05, 0) is 56.2 Å². The number of phenols is 1. The Balaban J connectivity index is 1.40. The highest BCUT2D eigenvalue weighted by molar-refractivity contribution is 5.98. The second kappa shape index (κ2) is 8.37. The highest BCUT2D eigenvalue weighted by atomic mass is 16.3. The number of amides is 2. The second-order valence-electron chi connectivity index (χ2n) is 9.47. The molecular weight excluding hydrogens is 364 g/mol. The minimum atomic E-state index is -0.416. The van der Waals surface area contributed by atoms with Crippen LogP contribution in [-0.2, 0) is 4.79 Å². The van der Waals surface area contributed by atoms with E-state index in [1.165, 1.54) is 32.1 Å². The number of hydrogen-bond acceptors (Lipinski definition) is 3. The van der Waals surface area contributed by atoms with E-state index in [4.69, 9.17) is 0 Å². The monoisotopic (exact) mass is 398 g/mol. The Morgan fingerprint density at radius 1 is 1.14 bits per heavy atom. The van der Waals surface area contributed by atoms with E-state index in [0.29, 0.717) is 18.7 Å². The fraction of sp³-hybridized carbons (Fsp3) is 0.667. The molecule has 4 rings (SSSR count). The van der Waals surface area contributed by atoms with Gasteiger partial charge in [0.1, 0.15) is 5.75 Å². The second-order valence-corrected chi connectivity index (χ2v) is 9.47. The lowest BCUT2D eigenvalue weighted by atomic mass is 9.78. The number of likely N-dealkylation sites (tertiary alicyclic amines) is 2. The zero-order valence-corrected chi connectivity index (χ0v) is 17.7. The minimum absolute atomic E-state index is 0.0278.